The summed E-state index contributed by atoms with van der Waals surface area (Å²) < 4.78 is 0. The summed E-state index contributed by atoms with van der Waals surface area (Å²) in [5.74, 6) is 0. The maximum Gasteiger partial charge on any atom is 0.279 e. The van der Waals surface area contributed by atoms with Gasteiger partial charge in [-0.15, -0.1) is 0 Å². The van der Waals surface area contributed by atoms with E-state index in [2.05, 4.69) is 46.9 Å². The summed E-state index contributed by atoms with van der Waals surface area (Å²) in [6.45, 7) is 13.1. The third-order valence-corrected chi connectivity index (χ3v) is 3.96. The molecule has 0 aliphatic heterocycles. The van der Waals surface area contributed by atoms with E-state index in [0.29, 0.717) is 16.7 Å². The van der Waals surface area contributed by atoms with Crippen LogP contribution in [0, 0.1) is 5.41 Å². The summed E-state index contributed by atoms with van der Waals surface area (Å²) in [7, 11) is 0. The second-order valence-electron chi connectivity index (χ2n) is 6.88. The van der Waals surface area contributed by atoms with E-state index in [1.807, 2.05) is 0 Å². The molecule has 1 N–H and O–H groups in total. The Hall–Kier alpha value is -0.180. The molecule has 2 unspecified atom stereocenters. The van der Waals surface area contributed by atoms with Gasteiger partial charge in [0.15, 0.2) is 0 Å². The van der Waals surface area contributed by atoms with Crippen LogP contribution in [0.15, 0.2) is 0 Å². The number of thioether (sulfide) groups is 1. The highest BCUT2D eigenvalue weighted by atomic mass is 32.2. The van der Waals surface area contributed by atoms with Gasteiger partial charge >= 0.3 is 0 Å². The lowest BCUT2D eigenvalue weighted by molar-refractivity contribution is 0.257. The molecular formula is C16H33NOS. The Morgan fingerprint density at radius 2 is 1.79 bits per heavy atom. The minimum Gasteiger partial charge on any atom is -0.345 e. The summed E-state index contributed by atoms with van der Waals surface area (Å²) in [4.78, 5) is 11.9. The number of rotatable bonds is 8. The van der Waals surface area contributed by atoms with E-state index in [0.717, 1.165) is 12.8 Å². The summed E-state index contributed by atoms with van der Waals surface area (Å²) >= 11 is 1.45. The molecule has 0 heterocycles. The highest BCUT2D eigenvalue weighted by molar-refractivity contribution is 8.14. The number of carbonyl (C=O) groups is 1. The van der Waals surface area contributed by atoms with Crippen molar-refractivity contribution in [2.75, 3.05) is 0 Å². The van der Waals surface area contributed by atoms with Crippen molar-refractivity contribution >= 4 is 17.0 Å². The van der Waals surface area contributed by atoms with Crippen LogP contribution in [0.4, 0.5) is 4.79 Å². The molecule has 0 aromatic carbocycles. The van der Waals surface area contributed by atoms with Crippen molar-refractivity contribution < 1.29 is 4.79 Å². The number of hydrogen-bond acceptors (Lipinski definition) is 2. The lowest BCUT2D eigenvalue weighted by Gasteiger charge is -2.23. The third-order valence-electron chi connectivity index (χ3n) is 3.06. The predicted molar refractivity (Wildman–Crippen MR) is 87.9 cm³/mol. The summed E-state index contributed by atoms with van der Waals surface area (Å²) in [6.07, 6.45) is 7.23. The van der Waals surface area contributed by atoms with Crippen LogP contribution in [0.1, 0.15) is 80.1 Å². The molecular weight excluding hydrogens is 254 g/mol. The highest BCUT2D eigenvalue weighted by Crippen LogP contribution is 2.27. The molecule has 2 nitrogen and oxygen atoms in total. The average Bonchev–Trinajstić information content (AvgIpc) is 2.21. The monoisotopic (exact) mass is 287 g/mol. The SMILES string of the molecule is CCCCCCC(C)NC(=O)SC(C)CC(C)(C)C. The maximum absolute atomic E-state index is 11.9. The minimum absolute atomic E-state index is 0.139. The number of nitrogens with one attached hydrogen (secondary N) is 1. The first kappa shape index (κ1) is 18.8. The summed E-state index contributed by atoms with van der Waals surface area (Å²) in [5.41, 5.74) is 0.290. The normalized spacial score (nSPS) is 15.1. The zero-order valence-electron chi connectivity index (χ0n) is 13.7. The minimum atomic E-state index is 0.139. The smallest absolute Gasteiger partial charge is 0.279 e. The van der Waals surface area contributed by atoms with E-state index >= 15 is 0 Å². The molecule has 0 aromatic rings. The van der Waals surface area contributed by atoms with Crippen molar-refractivity contribution in [3.8, 4) is 0 Å². The topological polar surface area (TPSA) is 29.1 Å². The quantitative estimate of drug-likeness (QED) is 0.588. The van der Waals surface area contributed by atoms with Crippen LogP contribution in [0.5, 0.6) is 0 Å². The van der Waals surface area contributed by atoms with E-state index in [1.165, 1.54) is 37.4 Å². The van der Waals surface area contributed by atoms with Crippen molar-refractivity contribution in [2.45, 2.75) is 91.4 Å². The van der Waals surface area contributed by atoms with E-state index in [9.17, 15) is 4.79 Å². The van der Waals surface area contributed by atoms with E-state index in [-0.39, 0.29) is 5.24 Å². The second kappa shape index (κ2) is 9.68. The molecule has 0 fully saturated rings. The van der Waals surface area contributed by atoms with Gasteiger partial charge in [-0.05, 0) is 25.2 Å². The van der Waals surface area contributed by atoms with Gasteiger partial charge in [0.1, 0.15) is 0 Å². The van der Waals surface area contributed by atoms with Gasteiger partial charge in [-0.3, -0.25) is 4.79 Å². The zero-order valence-corrected chi connectivity index (χ0v) is 14.5. The van der Waals surface area contributed by atoms with E-state index in [4.69, 9.17) is 0 Å². The highest BCUT2D eigenvalue weighted by Gasteiger charge is 2.18. The van der Waals surface area contributed by atoms with Gasteiger partial charge in [0.05, 0.1) is 0 Å². The van der Waals surface area contributed by atoms with Crippen molar-refractivity contribution in [1.82, 2.24) is 5.32 Å². The van der Waals surface area contributed by atoms with E-state index in [1.54, 1.807) is 0 Å². The molecule has 0 saturated heterocycles. The first-order valence-corrected chi connectivity index (χ1v) is 8.59. The molecule has 3 heteroatoms. The van der Waals surface area contributed by atoms with Gasteiger partial charge in [-0.2, -0.15) is 0 Å². The first-order valence-electron chi connectivity index (χ1n) is 7.71. The number of carbonyl (C=O) groups excluding carboxylic acids is 1. The molecule has 0 aliphatic rings. The van der Waals surface area contributed by atoms with Crippen LogP contribution in [-0.4, -0.2) is 16.5 Å². The van der Waals surface area contributed by atoms with Crippen LogP contribution in [0.3, 0.4) is 0 Å². The van der Waals surface area contributed by atoms with Crippen molar-refractivity contribution in [1.29, 1.82) is 0 Å². The van der Waals surface area contributed by atoms with Gasteiger partial charge in [0, 0.05) is 11.3 Å². The molecule has 0 rings (SSSR count). The molecule has 0 aromatic heterocycles. The zero-order chi connectivity index (χ0) is 14.9. The second-order valence-corrected chi connectivity index (χ2v) is 8.29. The van der Waals surface area contributed by atoms with Crippen molar-refractivity contribution in [2.24, 2.45) is 5.41 Å². The molecule has 0 saturated carbocycles. The lowest BCUT2D eigenvalue weighted by atomic mass is 9.91. The Bertz CT molecular complexity index is 248. The average molecular weight is 288 g/mol. The molecule has 114 valence electrons. The van der Waals surface area contributed by atoms with Gasteiger partial charge in [-0.1, -0.05) is 72.1 Å². The number of amides is 1. The third kappa shape index (κ3) is 12.6. The van der Waals surface area contributed by atoms with E-state index < -0.39 is 0 Å². The predicted octanol–water partition coefficient (Wildman–Crippen LogP) is 5.61. The van der Waals surface area contributed by atoms with Crippen LogP contribution < -0.4 is 5.32 Å². The summed E-state index contributed by atoms with van der Waals surface area (Å²) in [5, 5.41) is 3.62. The molecule has 0 radical (unpaired) electrons. The Kier molecular flexibility index (Phi) is 9.59. The van der Waals surface area contributed by atoms with Crippen LogP contribution >= 0.6 is 11.8 Å². The first-order chi connectivity index (χ1) is 8.74. The summed E-state index contributed by atoms with van der Waals surface area (Å²) in [6, 6.07) is 0.304. The molecule has 0 spiro atoms. The maximum atomic E-state index is 11.9. The largest absolute Gasteiger partial charge is 0.345 e. The Balaban J connectivity index is 3.78. The standard InChI is InChI=1S/C16H33NOS/c1-7-8-9-10-11-13(2)17-15(18)19-14(3)12-16(4,5)6/h13-14H,7-12H2,1-6H3,(H,17,18). The van der Waals surface area contributed by atoms with Crippen LogP contribution in [0.2, 0.25) is 0 Å². The Labute approximate surface area is 124 Å². The van der Waals surface area contributed by atoms with Gasteiger partial charge in [-0.25, -0.2) is 0 Å². The van der Waals surface area contributed by atoms with Crippen molar-refractivity contribution in [3.05, 3.63) is 0 Å². The van der Waals surface area contributed by atoms with Crippen molar-refractivity contribution in [3.63, 3.8) is 0 Å². The van der Waals surface area contributed by atoms with Crippen LogP contribution in [0.25, 0.3) is 0 Å². The fraction of sp³-hybridized carbons (Fsp3) is 0.938. The molecule has 2 atom stereocenters. The number of unbranched alkanes of at least 4 members (excludes halogenated alkanes) is 3. The Morgan fingerprint density at radius 3 is 2.32 bits per heavy atom. The molecule has 0 aliphatic carbocycles. The lowest BCUT2D eigenvalue weighted by Crippen LogP contribution is -2.30. The fourth-order valence-corrected chi connectivity index (χ4v) is 3.49. The molecule has 0 bridgehead atoms. The van der Waals surface area contributed by atoms with Crippen LogP contribution in [-0.2, 0) is 0 Å². The van der Waals surface area contributed by atoms with Gasteiger partial charge in [0.2, 0.25) is 0 Å². The van der Waals surface area contributed by atoms with Gasteiger partial charge < -0.3 is 5.32 Å². The van der Waals surface area contributed by atoms with Gasteiger partial charge in [0.25, 0.3) is 5.24 Å². The molecule has 19 heavy (non-hydrogen) atoms. The number of hydrogen-bond donors (Lipinski definition) is 1. The Morgan fingerprint density at radius 1 is 1.16 bits per heavy atom. The molecule has 1 amide bonds. The fourth-order valence-electron chi connectivity index (χ4n) is 2.27.